The molecule has 0 bridgehead atoms. The third kappa shape index (κ3) is 8.09. The minimum atomic E-state index is -3.53. The van der Waals surface area contributed by atoms with Crippen LogP contribution in [0.15, 0.2) is 42.5 Å². The van der Waals surface area contributed by atoms with E-state index in [2.05, 4.69) is 5.32 Å². The first kappa shape index (κ1) is 28.4. The fraction of sp³-hybridized carbons (Fsp3) is 0.481. The average molecular weight is 502 g/mol. The standard InChI is InChI=1S/C27H39N3O4S/c1-7-24(27(32)28-8-2)29(19-23-15-12-20(3)13-16-23)26(31)10-9-17-30(35(6,33)34)25-18-21(4)11-14-22(25)5/h11-16,18,24H,7-10,17,19H2,1-6H3,(H,28,32). The van der Waals surface area contributed by atoms with Gasteiger partial charge in [0, 0.05) is 26.1 Å². The topological polar surface area (TPSA) is 86.8 Å². The van der Waals surface area contributed by atoms with Gasteiger partial charge in [0.05, 0.1) is 11.9 Å². The zero-order valence-electron chi connectivity index (χ0n) is 21.8. The van der Waals surface area contributed by atoms with Crippen molar-refractivity contribution >= 4 is 27.5 Å². The SMILES string of the molecule is CCNC(=O)C(CC)N(Cc1ccc(C)cc1)C(=O)CCCN(c1cc(C)ccc1C)S(C)(=O)=O. The number of hydrogen-bond acceptors (Lipinski definition) is 4. The summed E-state index contributed by atoms with van der Waals surface area (Å²) < 4.78 is 26.5. The molecule has 35 heavy (non-hydrogen) atoms. The van der Waals surface area contributed by atoms with Crippen LogP contribution in [0.5, 0.6) is 0 Å². The molecule has 0 heterocycles. The molecule has 1 unspecified atom stereocenters. The number of likely N-dealkylation sites (N-methyl/N-ethyl adjacent to an activating group) is 1. The first-order valence-corrected chi connectivity index (χ1v) is 14.0. The molecule has 1 N–H and O–H groups in total. The number of carbonyl (C=O) groups excluding carboxylic acids is 2. The fourth-order valence-corrected chi connectivity index (χ4v) is 5.09. The Morgan fingerprint density at radius 2 is 1.60 bits per heavy atom. The van der Waals surface area contributed by atoms with Crippen LogP contribution < -0.4 is 9.62 Å². The lowest BCUT2D eigenvalue weighted by Crippen LogP contribution is -2.49. The van der Waals surface area contributed by atoms with E-state index in [-0.39, 0.29) is 24.8 Å². The Morgan fingerprint density at radius 1 is 0.971 bits per heavy atom. The Kier molecular flexibility index (Phi) is 10.3. The third-order valence-corrected chi connectivity index (χ3v) is 7.18. The van der Waals surface area contributed by atoms with E-state index in [1.54, 1.807) is 4.90 Å². The van der Waals surface area contributed by atoms with E-state index in [0.717, 1.165) is 22.3 Å². The lowest BCUT2D eigenvalue weighted by atomic mass is 10.1. The number of carbonyl (C=O) groups is 2. The summed E-state index contributed by atoms with van der Waals surface area (Å²) in [4.78, 5) is 27.8. The average Bonchev–Trinajstić information content (AvgIpc) is 2.79. The van der Waals surface area contributed by atoms with Crippen molar-refractivity contribution in [2.45, 2.75) is 66.5 Å². The van der Waals surface area contributed by atoms with Crippen LogP contribution in [-0.2, 0) is 26.2 Å². The van der Waals surface area contributed by atoms with E-state index in [0.29, 0.717) is 31.6 Å². The summed E-state index contributed by atoms with van der Waals surface area (Å²) in [5, 5.41) is 2.83. The predicted molar refractivity (Wildman–Crippen MR) is 142 cm³/mol. The van der Waals surface area contributed by atoms with Crippen LogP contribution in [0.4, 0.5) is 5.69 Å². The van der Waals surface area contributed by atoms with Gasteiger partial charge in [-0.1, -0.05) is 48.9 Å². The Labute approximate surface area is 210 Å². The zero-order valence-corrected chi connectivity index (χ0v) is 22.6. The molecule has 2 amide bonds. The van der Waals surface area contributed by atoms with Gasteiger partial charge >= 0.3 is 0 Å². The van der Waals surface area contributed by atoms with Crippen molar-refractivity contribution in [3.63, 3.8) is 0 Å². The maximum Gasteiger partial charge on any atom is 0.242 e. The summed E-state index contributed by atoms with van der Waals surface area (Å²) >= 11 is 0. The van der Waals surface area contributed by atoms with Crippen LogP contribution in [0.2, 0.25) is 0 Å². The number of nitrogens with one attached hydrogen (secondary N) is 1. The van der Waals surface area contributed by atoms with E-state index >= 15 is 0 Å². The Balaban J connectivity index is 2.23. The maximum absolute atomic E-state index is 13.4. The highest BCUT2D eigenvalue weighted by Gasteiger charge is 2.28. The molecule has 0 aromatic heterocycles. The van der Waals surface area contributed by atoms with Crippen molar-refractivity contribution in [3.8, 4) is 0 Å². The van der Waals surface area contributed by atoms with Crippen LogP contribution in [0.25, 0.3) is 0 Å². The largest absolute Gasteiger partial charge is 0.355 e. The summed E-state index contributed by atoms with van der Waals surface area (Å²) in [6, 6.07) is 13.0. The number of nitrogens with zero attached hydrogens (tertiary/aromatic N) is 2. The van der Waals surface area contributed by atoms with E-state index in [4.69, 9.17) is 0 Å². The van der Waals surface area contributed by atoms with Gasteiger partial charge in [0.1, 0.15) is 6.04 Å². The number of anilines is 1. The third-order valence-electron chi connectivity index (χ3n) is 6.00. The normalized spacial score (nSPS) is 12.2. The van der Waals surface area contributed by atoms with Gasteiger partial charge in [-0.15, -0.1) is 0 Å². The molecule has 8 heteroatoms. The van der Waals surface area contributed by atoms with Gasteiger partial charge < -0.3 is 10.2 Å². The molecule has 2 aromatic rings. The van der Waals surface area contributed by atoms with Gasteiger partial charge in [-0.25, -0.2) is 8.42 Å². The number of sulfonamides is 1. The molecule has 192 valence electrons. The maximum atomic E-state index is 13.4. The molecule has 2 aromatic carbocycles. The van der Waals surface area contributed by atoms with Crippen molar-refractivity contribution < 1.29 is 18.0 Å². The lowest BCUT2D eigenvalue weighted by Gasteiger charge is -2.31. The first-order chi connectivity index (χ1) is 16.5. The Hall–Kier alpha value is -2.87. The van der Waals surface area contributed by atoms with E-state index in [1.807, 2.05) is 77.1 Å². The Bertz CT molecular complexity index is 1110. The number of aryl methyl sites for hydroxylation is 3. The molecular formula is C27H39N3O4S. The van der Waals surface area contributed by atoms with Crippen molar-refractivity contribution in [2.24, 2.45) is 0 Å². The van der Waals surface area contributed by atoms with Gasteiger partial charge in [-0.2, -0.15) is 0 Å². The van der Waals surface area contributed by atoms with Crippen LogP contribution in [0, 0.1) is 20.8 Å². The van der Waals surface area contributed by atoms with Crippen LogP contribution >= 0.6 is 0 Å². The zero-order chi connectivity index (χ0) is 26.2. The highest BCUT2D eigenvalue weighted by Crippen LogP contribution is 2.25. The highest BCUT2D eigenvalue weighted by molar-refractivity contribution is 7.92. The summed E-state index contributed by atoms with van der Waals surface area (Å²) in [5.41, 5.74) is 4.52. The quantitative estimate of drug-likeness (QED) is 0.474. The molecule has 0 radical (unpaired) electrons. The molecule has 0 aliphatic heterocycles. The molecule has 1 atom stereocenters. The van der Waals surface area contributed by atoms with Crippen molar-refractivity contribution in [1.82, 2.24) is 10.2 Å². The smallest absolute Gasteiger partial charge is 0.242 e. The van der Waals surface area contributed by atoms with Crippen LogP contribution in [0.1, 0.15) is 55.4 Å². The monoisotopic (exact) mass is 501 g/mol. The van der Waals surface area contributed by atoms with Gasteiger partial charge in [-0.3, -0.25) is 13.9 Å². The second-order valence-electron chi connectivity index (χ2n) is 9.05. The Morgan fingerprint density at radius 3 is 2.17 bits per heavy atom. The molecule has 0 aliphatic carbocycles. The van der Waals surface area contributed by atoms with Crippen molar-refractivity contribution in [3.05, 3.63) is 64.7 Å². The number of benzene rings is 2. The van der Waals surface area contributed by atoms with E-state index < -0.39 is 16.1 Å². The number of hydrogen-bond donors (Lipinski definition) is 1. The number of amides is 2. The fourth-order valence-electron chi connectivity index (χ4n) is 4.07. The predicted octanol–water partition coefficient (Wildman–Crippen LogP) is 4.10. The van der Waals surface area contributed by atoms with Crippen molar-refractivity contribution in [1.29, 1.82) is 0 Å². The molecule has 0 spiro atoms. The van der Waals surface area contributed by atoms with Gasteiger partial charge in [0.15, 0.2) is 0 Å². The second-order valence-corrected chi connectivity index (χ2v) is 11.0. The molecule has 0 fully saturated rings. The van der Waals surface area contributed by atoms with Crippen LogP contribution in [0.3, 0.4) is 0 Å². The van der Waals surface area contributed by atoms with Gasteiger partial charge in [0.25, 0.3) is 0 Å². The first-order valence-electron chi connectivity index (χ1n) is 12.2. The molecule has 2 rings (SSSR count). The summed E-state index contributed by atoms with van der Waals surface area (Å²) in [7, 11) is -3.53. The minimum Gasteiger partial charge on any atom is -0.355 e. The molecule has 0 saturated heterocycles. The van der Waals surface area contributed by atoms with E-state index in [1.165, 1.54) is 10.6 Å². The molecule has 0 aliphatic rings. The molecular weight excluding hydrogens is 462 g/mol. The van der Waals surface area contributed by atoms with E-state index in [9.17, 15) is 18.0 Å². The molecule has 0 saturated carbocycles. The highest BCUT2D eigenvalue weighted by atomic mass is 32.2. The summed E-state index contributed by atoms with van der Waals surface area (Å²) in [6.07, 6.45) is 2.15. The van der Waals surface area contributed by atoms with Crippen molar-refractivity contribution in [2.75, 3.05) is 23.7 Å². The lowest BCUT2D eigenvalue weighted by molar-refractivity contribution is -0.141. The van der Waals surface area contributed by atoms with Crippen LogP contribution in [-0.4, -0.2) is 50.5 Å². The summed E-state index contributed by atoms with van der Waals surface area (Å²) in [5.74, 6) is -0.346. The minimum absolute atomic E-state index is 0.138. The van der Waals surface area contributed by atoms with Gasteiger partial charge in [-0.05, 0) is 63.3 Å². The number of rotatable bonds is 12. The molecule has 7 nitrogen and oxygen atoms in total. The van der Waals surface area contributed by atoms with Gasteiger partial charge in [0.2, 0.25) is 21.8 Å². The summed E-state index contributed by atoms with van der Waals surface area (Å²) in [6.45, 7) is 10.5. The second kappa shape index (κ2) is 12.7.